The van der Waals surface area contributed by atoms with Crippen molar-refractivity contribution in [2.24, 2.45) is 0 Å². The van der Waals surface area contributed by atoms with Gasteiger partial charge < -0.3 is 20.0 Å². The molecule has 1 unspecified atom stereocenters. The molecule has 0 saturated carbocycles. The van der Waals surface area contributed by atoms with E-state index in [1.807, 2.05) is 35.4 Å². The van der Waals surface area contributed by atoms with Crippen molar-refractivity contribution in [1.29, 1.82) is 0 Å². The highest BCUT2D eigenvalue weighted by Crippen LogP contribution is 2.14. The maximum Gasteiger partial charge on any atom is 0.287 e. The van der Waals surface area contributed by atoms with E-state index in [1.54, 1.807) is 23.9 Å². The van der Waals surface area contributed by atoms with E-state index < -0.39 is 11.9 Å². The molecule has 1 saturated heterocycles. The third kappa shape index (κ3) is 6.62. The highest BCUT2D eigenvalue weighted by Gasteiger charge is 2.22. The first-order valence-corrected chi connectivity index (χ1v) is 12.0. The Labute approximate surface area is 186 Å². The summed E-state index contributed by atoms with van der Waals surface area (Å²) in [6, 6.07) is 9.87. The van der Waals surface area contributed by atoms with Crippen LogP contribution in [0.2, 0.25) is 0 Å². The first kappa shape index (κ1) is 22.9. The Morgan fingerprint density at radius 2 is 1.84 bits per heavy atom. The summed E-state index contributed by atoms with van der Waals surface area (Å²) in [5.74, 6) is 0.322. The Balaban J connectivity index is 1.54. The summed E-state index contributed by atoms with van der Waals surface area (Å²) < 4.78 is 5.10. The second-order valence-electron chi connectivity index (χ2n) is 7.55. The van der Waals surface area contributed by atoms with Gasteiger partial charge in [-0.05, 0) is 67.5 Å². The van der Waals surface area contributed by atoms with Crippen LogP contribution in [0, 0.1) is 0 Å². The Morgan fingerprint density at radius 3 is 2.48 bits per heavy atom. The number of amides is 3. The molecule has 1 aliphatic rings. The molecule has 3 amide bonds. The molecule has 0 bridgehead atoms. The van der Waals surface area contributed by atoms with Crippen LogP contribution in [-0.4, -0.2) is 53.8 Å². The van der Waals surface area contributed by atoms with Gasteiger partial charge in [0.2, 0.25) is 5.91 Å². The second-order valence-corrected chi connectivity index (χ2v) is 8.54. The summed E-state index contributed by atoms with van der Waals surface area (Å²) in [5, 5.41) is 5.62. The van der Waals surface area contributed by atoms with Gasteiger partial charge in [-0.1, -0.05) is 12.1 Å². The highest BCUT2D eigenvalue weighted by atomic mass is 32.2. The van der Waals surface area contributed by atoms with Gasteiger partial charge in [0.25, 0.3) is 11.8 Å². The Bertz CT molecular complexity index is 861. The van der Waals surface area contributed by atoms with Gasteiger partial charge in [0.15, 0.2) is 5.76 Å². The van der Waals surface area contributed by atoms with Crippen molar-refractivity contribution >= 4 is 29.5 Å². The molecule has 0 spiro atoms. The summed E-state index contributed by atoms with van der Waals surface area (Å²) in [4.78, 5) is 39.4. The summed E-state index contributed by atoms with van der Waals surface area (Å²) in [7, 11) is 0. The van der Waals surface area contributed by atoms with E-state index in [0.29, 0.717) is 18.5 Å². The minimum absolute atomic E-state index is 0.0630. The van der Waals surface area contributed by atoms with E-state index in [2.05, 4.69) is 10.6 Å². The van der Waals surface area contributed by atoms with Gasteiger partial charge in [0, 0.05) is 25.2 Å². The topological polar surface area (TPSA) is 91.6 Å². The monoisotopic (exact) mass is 443 g/mol. The molecule has 2 N–H and O–H groups in total. The van der Waals surface area contributed by atoms with Crippen LogP contribution < -0.4 is 10.6 Å². The molecule has 0 radical (unpaired) electrons. The van der Waals surface area contributed by atoms with E-state index in [1.165, 1.54) is 12.7 Å². The zero-order chi connectivity index (χ0) is 22.1. The predicted octanol–water partition coefficient (Wildman–Crippen LogP) is 3.07. The Hall–Kier alpha value is -2.74. The molecule has 0 aliphatic carbocycles. The largest absolute Gasteiger partial charge is 0.459 e. The minimum atomic E-state index is -0.648. The molecule has 7 nitrogen and oxygen atoms in total. The number of carbonyl (C=O) groups is 3. The fourth-order valence-electron chi connectivity index (χ4n) is 3.50. The summed E-state index contributed by atoms with van der Waals surface area (Å²) in [5.41, 5.74) is 1.56. The van der Waals surface area contributed by atoms with Gasteiger partial charge in [-0.3, -0.25) is 14.4 Å². The molecule has 1 aromatic heterocycles. The van der Waals surface area contributed by atoms with Gasteiger partial charge in [-0.25, -0.2) is 0 Å². The van der Waals surface area contributed by atoms with Crippen LogP contribution in [0.4, 0.5) is 0 Å². The lowest BCUT2D eigenvalue weighted by Gasteiger charge is -2.26. The summed E-state index contributed by atoms with van der Waals surface area (Å²) in [6.07, 6.45) is 7.20. The van der Waals surface area contributed by atoms with Gasteiger partial charge in [-0.15, -0.1) is 0 Å². The molecule has 1 aliphatic heterocycles. The number of nitrogens with one attached hydrogen (secondary N) is 2. The molecule has 3 rings (SSSR count). The summed E-state index contributed by atoms with van der Waals surface area (Å²) >= 11 is 1.61. The van der Waals surface area contributed by atoms with Crippen molar-refractivity contribution in [2.45, 2.75) is 38.3 Å². The molecular formula is C23H29N3O4S. The van der Waals surface area contributed by atoms with Crippen molar-refractivity contribution < 1.29 is 18.8 Å². The summed E-state index contributed by atoms with van der Waals surface area (Å²) in [6.45, 7) is 1.96. The lowest BCUT2D eigenvalue weighted by Crippen LogP contribution is -2.46. The molecule has 1 atom stereocenters. The lowest BCUT2D eigenvalue weighted by molar-refractivity contribution is -0.123. The van der Waals surface area contributed by atoms with Gasteiger partial charge in [0.05, 0.1) is 6.26 Å². The highest BCUT2D eigenvalue weighted by molar-refractivity contribution is 7.98. The molecule has 2 heterocycles. The van der Waals surface area contributed by atoms with Crippen molar-refractivity contribution in [3.63, 3.8) is 0 Å². The van der Waals surface area contributed by atoms with Crippen LogP contribution in [0.5, 0.6) is 0 Å². The Morgan fingerprint density at radius 1 is 1.10 bits per heavy atom. The SMILES string of the molecule is CSCCC(NC(=O)c1ccco1)C(=O)NCc1ccc(C(=O)N2CCCCC2)cc1. The number of benzene rings is 1. The number of carbonyl (C=O) groups excluding carboxylic acids is 3. The average Bonchev–Trinajstić information content (AvgIpc) is 3.36. The van der Waals surface area contributed by atoms with Crippen LogP contribution in [0.25, 0.3) is 0 Å². The van der Waals surface area contributed by atoms with Crippen molar-refractivity contribution in [3.05, 3.63) is 59.5 Å². The van der Waals surface area contributed by atoms with Crippen LogP contribution in [0.15, 0.2) is 47.1 Å². The Kier molecular flexibility index (Phi) is 8.58. The van der Waals surface area contributed by atoms with Crippen LogP contribution >= 0.6 is 11.8 Å². The zero-order valence-electron chi connectivity index (χ0n) is 17.8. The van der Waals surface area contributed by atoms with E-state index >= 15 is 0 Å². The third-order valence-electron chi connectivity index (χ3n) is 5.29. The minimum Gasteiger partial charge on any atom is -0.459 e. The first-order chi connectivity index (χ1) is 15.1. The first-order valence-electron chi connectivity index (χ1n) is 10.6. The normalized spacial score (nSPS) is 14.7. The molecule has 8 heteroatoms. The molecule has 31 heavy (non-hydrogen) atoms. The smallest absolute Gasteiger partial charge is 0.287 e. The third-order valence-corrected chi connectivity index (χ3v) is 5.93. The number of piperidine rings is 1. The zero-order valence-corrected chi connectivity index (χ0v) is 18.6. The van der Waals surface area contributed by atoms with E-state index in [4.69, 9.17) is 4.42 Å². The molecule has 2 aromatic rings. The fraction of sp³-hybridized carbons (Fsp3) is 0.435. The van der Waals surface area contributed by atoms with Crippen molar-refractivity contribution in [1.82, 2.24) is 15.5 Å². The van der Waals surface area contributed by atoms with Crippen LogP contribution in [-0.2, 0) is 11.3 Å². The van der Waals surface area contributed by atoms with Gasteiger partial charge >= 0.3 is 0 Å². The number of furan rings is 1. The number of hydrogen-bond acceptors (Lipinski definition) is 5. The molecule has 1 fully saturated rings. The van der Waals surface area contributed by atoms with E-state index in [-0.39, 0.29) is 17.6 Å². The van der Waals surface area contributed by atoms with Gasteiger partial charge in [-0.2, -0.15) is 11.8 Å². The fourth-order valence-corrected chi connectivity index (χ4v) is 3.97. The molecule has 1 aromatic carbocycles. The van der Waals surface area contributed by atoms with Crippen molar-refractivity contribution in [3.8, 4) is 0 Å². The average molecular weight is 444 g/mol. The van der Waals surface area contributed by atoms with Crippen LogP contribution in [0.3, 0.4) is 0 Å². The van der Waals surface area contributed by atoms with Crippen molar-refractivity contribution in [2.75, 3.05) is 25.1 Å². The van der Waals surface area contributed by atoms with Crippen LogP contribution in [0.1, 0.15) is 52.2 Å². The lowest BCUT2D eigenvalue weighted by atomic mass is 10.1. The van der Waals surface area contributed by atoms with Gasteiger partial charge in [0.1, 0.15) is 6.04 Å². The predicted molar refractivity (Wildman–Crippen MR) is 121 cm³/mol. The molecule has 166 valence electrons. The second kappa shape index (κ2) is 11.6. The maximum atomic E-state index is 12.7. The quantitative estimate of drug-likeness (QED) is 0.622. The standard InChI is InChI=1S/C23H29N3O4S/c1-31-15-11-19(25-22(28)20-6-5-14-30-20)21(27)24-16-17-7-9-18(10-8-17)23(29)26-12-3-2-4-13-26/h5-10,14,19H,2-4,11-13,15-16H2,1H3,(H,24,27)(H,25,28). The number of rotatable bonds is 9. The number of hydrogen-bond donors (Lipinski definition) is 2. The number of nitrogens with zero attached hydrogens (tertiary/aromatic N) is 1. The van der Waals surface area contributed by atoms with E-state index in [0.717, 1.165) is 37.2 Å². The number of thioether (sulfide) groups is 1. The van der Waals surface area contributed by atoms with E-state index in [9.17, 15) is 14.4 Å². The molecular weight excluding hydrogens is 414 g/mol. The maximum absolute atomic E-state index is 12.7. The number of likely N-dealkylation sites (tertiary alicyclic amines) is 1.